The molecule has 0 radical (unpaired) electrons. The van der Waals surface area contributed by atoms with Crippen LogP contribution < -0.4 is 5.32 Å². The quantitative estimate of drug-likeness (QED) is 0.650. The molecule has 0 aliphatic heterocycles. The molecule has 0 heterocycles. The van der Waals surface area contributed by atoms with Crippen LogP contribution in [0.2, 0.25) is 0 Å². The van der Waals surface area contributed by atoms with Crippen LogP contribution in [0.4, 0.5) is 4.79 Å². The zero-order chi connectivity index (χ0) is 19.4. The van der Waals surface area contributed by atoms with E-state index in [1.165, 1.54) is 36.3 Å². The standard InChI is InChI=1S/C24H31NO2/c1-16(2)20-13-12-17(3)14-19(20)15-23(25-24(26)27-4)22-11-7-9-18-8-5-6-10-21(18)22/h5-11,15-17,20,23H,12-14H2,1-4H3,(H,25,26)/b19-15+/t17-,20+,23+/m1/s1. The maximum Gasteiger partial charge on any atom is 0.407 e. The number of benzene rings is 2. The van der Waals surface area contributed by atoms with E-state index in [4.69, 9.17) is 4.74 Å². The summed E-state index contributed by atoms with van der Waals surface area (Å²) in [5.41, 5.74) is 2.59. The Hall–Kier alpha value is -2.29. The Morgan fingerprint density at radius 3 is 2.63 bits per heavy atom. The molecule has 1 fully saturated rings. The van der Waals surface area contributed by atoms with Gasteiger partial charge in [0.2, 0.25) is 0 Å². The summed E-state index contributed by atoms with van der Waals surface area (Å²) in [5, 5.41) is 5.41. The van der Waals surface area contributed by atoms with Crippen LogP contribution in [-0.2, 0) is 4.74 Å². The number of fused-ring (bicyclic) bond motifs is 1. The molecule has 1 aliphatic carbocycles. The van der Waals surface area contributed by atoms with Crippen LogP contribution in [0, 0.1) is 17.8 Å². The average Bonchev–Trinajstić information content (AvgIpc) is 2.66. The lowest BCUT2D eigenvalue weighted by atomic mass is 9.73. The molecule has 3 nitrogen and oxygen atoms in total. The smallest absolute Gasteiger partial charge is 0.407 e. The van der Waals surface area contributed by atoms with Crippen LogP contribution in [0.25, 0.3) is 10.8 Å². The number of alkyl carbamates (subject to hydrolysis) is 1. The number of amides is 1. The number of nitrogens with one attached hydrogen (secondary N) is 1. The molecule has 0 bridgehead atoms. The molecule has 3 atom stereocenters. The molecule has 1 saturated carbocycles. The second-order valence-corrected chi connectivity index (χ2v) is 8.16. The third-order valence-corrected chi connectivity index (χ3v) is 5.83. The molecule has 0 unspecified atom stereocenters. The fourth-order valence-electron chi connectivity index (χ4n) is 4.39. The van der Waals surface area contributed by atoms with Gasteiger partial charge in [-0.3, -0.25) is 0 Å². The van der Waals surface area contributed by atoms with Gasteiger partial charge >= 0.3 is 6.09 Å². The Bertz CT molecular complexity index is 819. The number of carbonyl (C=O) groups excluding carboxylic acids is 1. The summed E-state index contributed by atoms with van der Waals surface area (Å²) in [7, 11) is 1.42. The van der Waals surface area contributed by atoms with E-state index >= 15 is 0 Å². The Kier molecular flexibility index (Phi) is 6.20. The van der Waals surface area contributed by atoms with E-state index in [1.807, 2.05) is 12.1 Å². The minimum Gasteiger partial charge on any atom is -0.453 e. The number of hydrogen-bond donors (Lipinski definition) is 1. The molecule has 27 heavy (non-hydrogen) atoms. The molecular weight excluding hydrogens is 334 g/mol. The third-order valence-electron chi connectivity index (χ3n) is 5.83. The van der Waals surface area contributed by atoms with E-state index in [0.29, 0.717) is 17.8 Å². The molecule has 0 saturated heterocycles. The van der Waals surface area contributed by atoms with Crippen molar-refractivity contribution in [1.29, 1.82) is 0 Å². The van der Waals surface area contributed by atoms with E-state index < -0.39 is 6.09 Å². The molecule has 3 heteroatoms. The SMILES string of the molecule is COC(=O)N[C@@H](/C=C1\C[C@H](C)CC[C@H]1C(C)C)c1cccc2ccccc12. The van der Waals surface area contributed by atoms with E-state index in [9.17, 15) is 4.79 Å². The van der Waals surface area contributed by atoms with Gasteiger partial charge in [-0.05, 0) is 53.4 Å². The zero-order valence-electron chi connectivity index (χ0n) is 16.9. The van der Waals surface area contributed by atoms with Crippen LogP contribution >= 0.6 is 0 Å². The fraction of sp³-hybridized carbons (Fsp3) is 0.458. The normalized spacial score (nSPS) is 22.8. The molecule has 1 amide bonds. The number of rotatable bonds is 4. The molecule has 144 valence electrons. The highest BCUT2D eigenvalue weighted by Gasteiger charge is 2.27. The van der Waals surface area contributed by atoms with Gasteiger partial charge in [-0.2, -0.15) is 0 Å². The molecule has 0 aromatic heterocycles. The highest BCUT2D eigenvalue weighted by molar-refractivity contribution is 5.86. The summed E-state index contributed by atoms with van der Waals surface area (Å²) in [4.78, 5) is 12.1. The molecule has 3 rings (SSSR count). The van der Waals surface area contributed by atoms with Gasteiger partial charge in [0.1, 0.15) is 0 Å². The van der Waals surface area contributed by atoms with Crippen LogP contribution in [-0.4, -0.2) is 13.2 Å². The Labute approximate surface area is 162 Å². The number of methoxy groups -OCH3 is 1. The summed E-state index contributed by atoms with van der Waals surface area (Å²) in [6, 6.07) is 14.4. The van der Waals surface area contributed by atoms with Crippen LogP contribution in [0.5, 0.6) is 0 Å². The van der Waals surface area contributed by atoms with Gasteiger partial charge in [0.15, 0.2) is 0 Å². The molecular formula is C24H31NO2. The number of ether oxygens (including phenoxy) is 1. The summed E-state index contributed by atoms with van der Waals surface area (Å²) in [6.07, 6.45) is 5.51. The first kappa shape index (κ1) is 19.5. The molecule has 1 aliphatic rings. The zero-order valence-corrected chi connectivity index (χ0v) is 16.9. The first-order valence-electron chi connectivity index (χ1n) is 10.0. The molecule has 2 aromatic carbocycles. The minimum atomic E-state index is -0.394. The first-order valence-corrected chi connectivity index (χ1v) is 10.0. The summed E-state index contributed by atoms with van der Waals surface area (Å²) in [5.74, 6) is 1.88. The van der Waals surface area contributed by atoms with Crippen molar-refractivity contribution < 1.29 is 9.53 Å². The van der Waals surface area contributed by atoms with Crippen molar-refractivity contribution in [2.75, 3.05) is 7.11 Å². The first-order chi connectivity index (χ1) is 13.0. The highest BCUT2D eigenvalue weighted by atomic mass is 16.5. The van der Waals surface area contributed by atoms with Crippen LogP contribution in [0.15, 0.2) is 54.1 Å². The van der Waals surface area contributed by atoms with Gasteiger partial charge in [-0.1, -0.05) is 74.9 Å². The second-order valence-electron chi connectivity index (χ2n) is 8.16. The minimum absolute atomic E-state index is 0.190. The van der Waals surface area contributed by atoms with Gasteiger partial charge in [0.05, 0.1) is 13.2 Å². The van der Waals surface area contributed by atoms with Gasteiger partial charge < -0.3 is 10.1 Å². The number of allylic oxidation sites excluding steroid dienone is 1. The monoisotopic (exact) mass is 365 g/mol. The predicted molar refractivity (Wildman–Crippen MR) is 112 cm³/mol. The lowest BCUT2D eigenvalue weighted by molar-refractivity contribution is 0.168. The Morgan fingerprint density at radius 1 is 1.15 bits per heavy atom. The van der Waals surface area contributed by atoms with Gasteiger partial charge in [0.25, 0.3) is 0 Å². The average molecular weight is 366 g/mol. The second kappa shape index (κ2) is 8.60. The third kappa shape index (κ3) is 4.52. The van der Waals surface area contributed by atoms with E-state index in [-0.39, 0.29) is 6.04 Å². The fourth-order valence-corrected chi connectivity index (χ4v) is 4.39. The van der Waals surface area contributed by atoms with Crippen LogP contribution in [0.1, 0.15) is 51.6 Å². The maximum atomic E-state index is 12.1. The van der Waals surface area contributed by atoms with Gasteiger partial charge in [0, 0.05) is 0 Å². The van der Waals surface area contributed by atoms with Crippen molar-refractivity contribution in [3.8, 4) is 0 Å². The van der Waals surface area contributed by atoms with Gasteiger partial charge in [-0.15, -0.1) is 0 Å². The summed E-state index contributed by atoms with van der Waals surface area (Å²) >= 11 is 0. The molecule has 1 N–H and O–H groups in total. The van der Waals surface area contributed by atoms with Crippen molar-refractivity contribution in [3.05, 3.63) is 59.7 Å². The largest absolute Gasteiger partial charge is 0.453 e. The summed E-state index contributed by atoms with van der Waals surface area (Å²) < 4.78 is 4.92. The molecule has 0 spiro atoms. The van der Waals surface area contributed by atoms with Crippen molar-refractivity contribution in [3.63, 3.8) is 0 Å². The lowest BCUT2D eigenvalue weighted by Crippen LogP contribution is -2.29. The predicted octanol–water partition coefficient (Wildman–Crippen LogP) is 6.26. The lowest BCUT2D eigenvalue weighted by Gasteiger charge is -2.33. The number of hydrogen-bond acceptors (Lipinski definition) is 2. The van der Waals surface area contributed by atoms with Crippen molar-refractivity contribution in [1.82, 2.24) is 5.32 Å². The summed E-state index contributed by atoms with van der Waals surface area (Å²) in [6.45, 7) is 6.93. The molecule has 2 aromatic rings. The van der Waals surface area contributed by atoms with E-state index in [1.54, 1.807) is 0 Å². The van der Waals surface area contributed by atoms with Crippen molar-refractivity contribution in [2.24, 2.45) is 17.8 Å². The van der Waals surface area contributed by atoms with E-state index in [2.05, 4.69) is 62.5 Å². The van der Waals surface area contributed by atoms with Crippen molar-refractivity contribution in [2.45, 2.75) is 46.1 Å². The topological polar surface area (TPSA) is 38.3 Å². The Balaban J connectivity index is 2.06. The van der Waals surface area contributed by atoms with Gasteiger partial charge in [-0.25, -0.2) is 4.79 Å². The highest BCUT2D eigenvalue weighted by Crippen LogP contribution is 2.39. The number of carbonyl (C=O) groups is 1. The maximum absolute atomic E-state index is 12.1. The van der Waals surface area contributed by atoms with Crippen molar-refractivity contribution >= 4 is 16.9 Å². The van der Waals surface area contributed by atoms with Crippen LogP contribution in [0.3, 0.4) is 0 Å². The Morgan fingerprint density at radius 2 is 1.89 bits per heavy atom. The van der Waals surface area contributed by atoms with E-state index in [0.717, 1.165) is 12.0 Å².